The molecule has 0 aromatic heterocycles. The quantitative estimate of drug-likeness (QED) is 0.822. The first kappa shape index (κ1) is 12.5. The lowest BCUT2D eigenvalue weighted by Gasteiger charge is -2.21. The Hall–Kier alpha value is -1.53. The molecule has 3 heteroatoms. The fourth-order valence-corrected chi connectivity index (χ4v) is 1.30. The van der Waals surface area contributed by atoms with E-state index in [0.717, 1.165) is 18.8 Å². The molecule has 1 aromatic rings. The number of nitriles is 1. The molecule has 0 aliphatic carbocycles. The lowest BCUT2D eigenvalue weighted by molar-refractivity contribution is 0.284. The van der Waals surface area contributed by atoms with Crippen LogP contribution in [0.4, 0.5) is 5.69 Å². The summed E-state index contributed by atoms with van der Waals surface area (Å²) in [4.78, 5) is 2.29. The van der Waals surface area contributed by atoms with Crippen LogP contribution in [0.25, 0.3) is 0 Å². The number of hydrogen-bond acceptors (Lipinski definition) is 3. The van der Waals surface area contributed by atoms with E-state index in [9.17, 15) is 0 Å². The van der Waals surface area contributed by atoms with E-state index in [1.165, 1.54) is 0 Å². The van der Waals surface area contributed by atoms with Crippen LogP contribution in [0, 0.1) is 11.3 Å². The summed E-state index contributed by atoms with van der Waals surface area (Å²) < 4.78 is 0. The maximum atomic E-state index is 8.66. The Morgan fingerprint density at radius 1 is 1.31 bits per heavy atom. The van der Waals surface area contributed by atoms with Gasteiger partial charge in [-0.15, -0.1) is 0 Å². The van der Waals surface area contributed by atoms with Crippen molar-refractivity contribution in [3.63, 3.8) is 0 Å². The molecular weight excluding hydrogens is 198 g/mol. The van der Waals surface area contributed by atoms with Gasteiger partial charge in [0.15, 0.2) is 0 Å². The zero-order valence-corrected chi connectivity index (χ0v) is 10.2. The van der Waals surface area contributed by atoms with Gasteiger partial charge in [0, 0.05) is 24.8 Å². The number of rotatable bonds is 5. The lowest BCUT2D eigenvalue weighted by atomic mass is 10.2. The molecule has 16 heavy (non-hydrogen) atoms. The van der Waals surface area contributed by atoms with Crippen LogP contribution in [0.2, 0.25) is 0 Å². The van der Waals surface area contributed by atoms with Crippen LogP contribution >= 0.6 is 0 Å². The first-order chi connectivity index (χ1) is 7.63. The van der Waals surface area contributed by atoms with Gasteiger partial charge in [-0.2, -0.15) is 5.26 Å². The molecule has 0 heterocycles. The zero-order valence-electron chi connectivity index (χ0n) is 10.2. The molecule has 1 rings (SSSR count). The molecular formula is C13H19N3. The summed E-state index contributed by atoms with van der Waals surface area (Å²) in [5.41, 5.74) is 1.76. The van der Waals surface area contributed by atoms with Crippen LogP contribution in [0.5, 0.6) is 0 Å². The second-order valence-corrected chi connectivity index (χ2v) is 4.19. The molecule has 0 atom stereocenters. The predicted molar refractivity (Wildman–Crippen MR) is 67.4 cm³/mol. The molecule has 3 nitrogen and oxygen atoms in total. The van der Waals surface area contributed by atoms with Crippen LogP contribution < -0.4 is 5.32 Å². The first-order valence-corrected chi connectivity index (χ1v) is 5.57. The van der Waals surface area contributed by atoms with Crippen molar-refractivity contribution in [3.8, 4) is 6.07 Å². The van der Waals surface area contributed by atoms with E-state index < -0.39 is 0 Å². The fourth-order valence-electron chi connectivity index (χ4n) is 1.30. The summed E-state index contributed by atoms with van der Waals surface area (Å²) in [5, 5.41) is 12.0. The minimum Gasteiger partial charge on any atom is -0.384 e. The highest BCUT2D eigenvalue weighted by molar-refractivity contribution is 5.47. The second-order valence-electron chi connectivity index (χ2n) is 4.19. The molecule has 0 aliphatic heterocycles. The van der Waals surface area contributed by atoms with Crippen LogP contribution in [0.15, 0.2) is 24.3 Å². The molecule has 0 spiro atoms. The van der Waals surface area contributed by atoms with Crippen molar-refractivity contribution >= 4 is 5.69 Å². The molecule has 0 radical (unpaired) electrons. The minimum absolute atomic E-state index is 0.572. The van der Waals surface area contributed by atoms with Crippen molar-refractivity contribution in [2.24, 2.45) is 0 Å². The van der Waals surface area contributed by atoms with Gasteiger partial charge < -0.3 is 10.2 Å². The molecule has 86 valence electrons. The molecule has 0 saturated carbocycles. The van der Waals surface area contributed by atoms with Crippen molar-refractivity contribution in [2.75, 3.05) is 25.5 Å². The van der Waals surface area contributed by atoms with Crippen LogP contribution in [0.1, 0.15) is 19.4 Å². The maximum Gasteiger partial charge on any atom is 0.0991 e. The summed E-state index contributed by atoms with van der Waals surface area (Å²) in [7, 11) is 2.12. The number of nitrogens with one attached hydrogen (secondary N) is 1. The van der Waals surface area contributed by atoms with Crippen molar-refractivity contribution in [1.82, 2.24) is 4.90 Å². The van der Waals surface area contributed by atoms with Gasteiger partial charge in [0.05, 0.1) is 11.6 Å². The molecule has 0 aliphatic rings. The van der Waals surface area contributed by atoms with Crippen molar-refractivity contribution < 1.29 is 0 Å². The Labute approximate surface area is 97.7 Å². The van der Waals surface area contributed by atoms with E-state index in [2.05, 4.69) is 37.2 Å². The van der Waals surface area contributed by atoms with Crippen LogP contribution in [-0.2, 0) is 0 Å². The van der Waals surface area contributed by atoms with Crippen molar-refractivity contribution in [1.29, 1.82) is 5.26 Å². The highest BCUT2D eigenvalue weighted by Gasteiger charge is 2.01. The third-order valence-corrected chi connectivity index (χ3v) is 2.69. The SMILES string of the molecule is CC(C)N(C)CCNc1ccc(C#N)cc1. The fraction of sp³-hybridized carbons (Fsp3) is 0.462. The number of hydrogen-bond donors (Lipinski definition) is 1. The average molecular weight is 217 g/mol. The molecule has 0 saturated heterocycles. The number of nitrogens with zero attached hydrogens (tertiary/aromatic N) is 2. The summed E-state index contributed by atoms with van der Waals surface area (Å²) >= 11 is 0. The Morgan fingerprint density at radius 3 is 2.44 bits per heavy atom. The number of likely N-dealkylation sites (N-methyl/N-ethyl adjacent to an activating group) is 1. The summed E-state index contributed by atoms with van der Waals surface area (Å²) in [5.74, 6) is 0. The first-order valence-electron chi connectivity index (χ1n) is 5.57. The monoisotopic (exact) mass is 217 g/mol. The molecule has 0 bridgehead atoms. The summed E-state index contributed by atoms with van der Waals surface area (Å²) in [6.07, 6.45) is 0. The minimum atomic E-state index is 0.572. The highest BCUT2D eigenvalue weighted by atomic mass is 15.1. The Bertz CT molecular complexity index is 348. The second kappa shape index (κ2) is 6.14. The zero-order chi connectivity index (χ0) is 12.0. The Balaban J connectivity index is 2.35. The van der Waals surface area contributed by atoms with Gasteiger partial charge in [-0.05, 0) is 45.2 Å². The average Bonchev–Trinajstić information content (AvgIpc) is 2.29. The van der Waals surface area contributed by atoms with Crippen molar-refractivity contribution in [3.05, 3.63) is 29.8 Å². The van der Waals surface area contributed by atoms with Gasteiger partial charge >= 0.3 is 0 Å². The van der Waals surface area contributed by atoms with Crippen LogP contribution in [-0.4, -0.2) is 31.1 Å². The highest BCUT2D eigenvalue weighted by Crippen LogP contribution is 2.08. The topological polar surface area (TPSA) is 39.1 Å². The maximum absolute atomic E-state index is 8.66. The predicted octanol–water partition coefficient (Wildman–Crippen LogP) is 2.31. The lowest BCUT2D eigenvalue weighted by Crippen LogP contribution is -2.31. The van der Waals surface area contributed by atoms with E-state index >= 15 is 0 Å². The van der Waals surface area contributed by atoms with E-state index in [-0.39, 0.29) is 0 Å². The number of benzene rings is 1. The summed E-state index contributed by atoms with van der Waals surface area (Å²) in [6, 6.07) is 10.2. The largest absolute Gasteiger partial charge is 0.384 e. The third-order valence-electron chi connectivity index (χ3n) is 2.69. The van der Waals surface area contributed by atoms with Gasteiger partial charge in [-0.3, -0.25) is 0 Å². The van der Waals surface area contributed by atoms with E-state index in [1.54, 1.807) is 0 Å². The standard InChI is InChI=1S/C13H19N3/c1-11(2)16(3)9-8-15-13-6-4-12(10-14)5-7-13/h4-7,11,15H,8-9H2,1-3H3. The molecule has 0 fully saturated rings. The van der Waals surface area contributed by atoms with Gasteiger partial charge in [0.1, 0.15) is 0 Å². The van der Waals surface area contributed by atoms with Gasteiger partial charge in [-0.1, -0.05) is 0 Å². The third kappa shape index (κ3) is 3.92. The van der Waals surface area contributed by atoms with Crippen LogP contribution in [0.3, 0.4) is 0 Å². The molecule has 1 N–H and O–H groups in total. The summed E-state index contributed by atoms with van der Waals surface area (Å²) in [6.45, 7) is 6.29. The van der Waals surface area contributed by atoms with E-state index in [1.807, 2.05) is 24.3 Å². The van der Waals surface area contributed by atoms with Gasteiger partial charge in [-0.25, -0.2) is 0 Å². The van der Waals surface area contributed by atoms with Gasteiger partial charge in [0.2, 0.25) is 0 Å². The van der Waals surface area contributed by atoms with E-state index in [0.29, 0.717) is 11.6 Å². The Kier molecular flexibility index (Phi) is 4.81. The smallest absolute Gasteiger partial charge is 0.0991 e. The molecule has 0 amide bonds. The van der Waals surface area contributed by atoms with Crippen molar-refractivity contribution in [2.45, 2.75) is 19.9 Å². The van der Waals surface area contributed by atoms with E-state index in [4.69, 9.17) is 5.26 Å². The molecule has 1 aromatic carbocycles. The molecule has 0 unspecified atom stereocenters. The number of anilines is 1. The van der Waals surface area contributed by atoms with Gasteiger partial charge in [0.25, 0.3) is 0 Å². The normalized spacial score (nSPS) is 10.5. The Morgan fingerprint density at radius 2 is 1.94 bits per heavy atom.